The average Bonchev–Trinajstić information content (AvgIpc) is 2.44. The van der Waals surface area contributed by atoms with Gasteiger partial charge in [-0.15, -0.1) is 0 Å². The van der Waals surface area contributed by atoms with Gasteiger partial charge in [-0.3, -0.25) is 4.98 Å². The normalized spacial score (nSPS) is 29.9. The maximum Gasteiger partial charge on any atom is 0.115 e. The van der Waals surface area contributed by atoms with Gasteiger partial charge in [0.05, 0.1) is 24.0 Å². The van der Waals surface area contributed by atoms with Crippen LogP contribution in [0.2, 0.25) is 0 Å². The second-order valence-electron chi connectivity index (χ2n) is 5.73. The van der Waals surface area contributed by atoms with Crippen molar-refractivity contribution in [1.82, 2.24) is 4.98 Å². The Bertz CT molecular complexity index is 389. The van der Waals surface area contributed by atoms with Crippen LogP contribution in [0.3, 0.4) is 0 Å². The lowest BCUT2D eigenvalue weighted by Gasteiger charge is -2.35. The van der Waals surface area contributed by atoms with Crippen molar-refractivity contribution in [1.29, 1.82) is 0 Å². The summed E-state index contributed by atoms with van der Waals surface area (Å²) in [6.45, 7) is 6.28. The third-order valence-electron chi connectivity index (χ3n) is 3.83. The van der Waals surface area contributed by atoms with E-state index in [-0.39, 0.29) is 30.5 Å². The quantitative estimate of drug-likeness (QED) is 0.899. The molecule has 0 spiro atoms. The molecule has 0 saturated carbocycles. The lowest BCUT2D eigenvalue weighted by atomic mass is 10.0. The Labute approximate surface area is 121 Å². The minimum Gasteiger partial charge on any atom is -0.375 e. The van der Waals surface area contributed by atoms with Crippen LogP contribution in [0.5, 0.6) is 0 Å². The fraction of sp³-hybridized carbons (Fsp3) is 0.688. The largest absolute Gasteiger partial charge is 0.375 e. The standard InChI is InChI=1S/C16H26N2O2/c1-4-14(17)16(15-7-5-6-8-18-15)20-13-9-11(2)19-12(3)10-13/h5-8,11-14,16H,4,9-10,17H2,1-3H3. The van der Waals surface area contributed by atoms with Gasteiger partial charge < -0.3 is 15.2 Å². The molecule has 0 aromatic carbocycles. The zero-order chi connectivity index (χ0) is 14.5. The number of pyridine rings is 1. The van der Waals surface area contributed by atoms with Gasteiger partial charge in [0.1, 0.15) is 6.10 Å². The minimum absolute atomic E-state index is 0.0293. The summed E-state index contributed by atoms with van der Waals surface area (Å²) in [4.78, 5) is 4.42. The highest BCUT2D eigenvalue weighted by Crippen LogP contribution is 2.29. The SMILES string of the molecule is CCC(N)C(OC1CC(C)OC(C)C1)c1ccccn1. The van der Waals surface area contributed by atoms with E-state index in [9.17, 15) is 0 Å². The van der Waals surface area contributed by atoms with Crippen LogP contribution in [0.25, 0.3) is 0 Å². The molecule has 0 amide bonds. The Morgan fingerprint density at radius 3 is 2.60 bits per heavy atom. The summed E-state index contributed by atoms with van der Waals surface area (Å²) in [6.07, 6.45) is 5.05. The molecular formula is C16H26N2O2. The summed E-state index contributed by atoms with van der Waals surface area (Å²) < 4.78 is 12.1. The van der Waals surface area contributed by atoms with Crippen molar-refractivity contribution in [3.8, 4) is 0 Å². The smallest absolute Gasteiger partial charge is 0.115 e. The zero-order valence-electron chi connectivity index (χ0n) is 12.7. The number of rotatable bonds is 5. The molecule has 4 heteroatoms. The highest BCUT2D eigenvalue weighted by atomic mass is 16.5. The second-order valence-corrected chi connectivity index (χ2v) is 5.73. The van der Waals surface area contributed by atoms with E-state index in [0.29, 0.717) is 0 Å². The fourth-order valence-corrected chi connectivity index (χ4v) is 2.81. The molecule has 20 heavy (non-hydrogen) atoms. The van der Waals surface area contributed by atoms with E-state index >= 15 is 0 Å². The molecule has 2 heterocycles. The molecule has 1 aliphatic heterocycles. The number of nitrogens with two attached hydrogens (primary N) is 1. The van der Waals surface area contributed by atoms with Gasteiger partial charge in [0, 0.05) is 12.2 Å². The first-order chi connectivity index (χ1) is 9.60. The molecule has 1 aliphatic rings. The van der Waals surface area contributed by atoms with E-state index in [0.717, 1.165) is 25.0 Å². The Balaban J connectivity index is 2.08. The van der Waals surface area contributed by atoms with E-state index in [2.05, 4.69) is 25.8 Å². The Hall–Kier alpha value is -0.970. The summed E-state index contributed by atoms with van der Waals surface area (Å²) in [5, 5.41) is 0. The van der Waals surface area contributed by atoms with Gasteiger partial charge >= 0.3 is 0 Å². The second kappa shape index (κ2) is 7.16. The Morgan fingerprint density at radius 2 is 2.05 bits per heavy atom. The van der Waals surface area contributed by atoms with Crippen LogP contribution in [0.1, 0.15) is 51.8 Å². The Morgan fingerprint density at radius 1 is 1.35 bits per heavy atom. The van der Waals surface area contributed by atoms with E-state index in [1.807, 2.05) is 18.2 Å². The summed E-state index contributed by atoms with van der Waals surface area (Å²) in [5.74, 6) is 0. The van der Waals surface area contributed by atoms with E-state index in [1.165, 1.54) is 0 Å². The zero-order valence-corrected chi connectivity index (χ0v) is 12.7. The molecule has 1 saturated heterocycles. The van der Waals surface area contributed by atoms with Gasteiger partial charge in [0.15, 0.2) is 0 Å². The summed E-state index contributed by atoms with van der Waals surface area (Å²) in [7, 11) is 0. The molecule has 4 atom stereocenters. The maximum atomic E-state index is 6.30. The molecule has 4 nitrogen and oxygen atoms in total. The third-order valence-corrected chi connectivity index (χ3v) is 3.83. The molecule has 1 fully saturated rings. The third kappa shape index (κ3) is 4.01. The Kier molecular flexibility index (Phi) is 5.52. The van der Waals surface area contributed by atoms with Crippen molar-refractivity contribution >= 4 is 0 Å². The van der Waals surface area contributed by atoms with Crippen LogP contribution in [-0.4, -0.2) is 29.3 Å². The van der Waals surface area contributed by atoms with Crippen LogP contribution >= 0.6 is 0 Å². The number of ether oxygens (including phenoxy) is 2. The van der Waals surface area contributed by atoms with Crippen molar-refractivity contribution < 1.29 is 9.47 Å². The first kappa shape index (κ1) is 15.4. The molecule has 112 valence electrons. The van der Waals surface area contributed by atoms with Crippen LogP contribution in [-0.2, 0) is 9.47 Å². The molecule has 1 aromatic rings. The lowest BCUT2D eigenvalue weighted by molar-refractivity contribution is -0.127. The molecule has 0 aliphatic carbocycles. The molecular weight excluding hydrogens is 252 g/mol. The van der Waals surface area contributed by atoms with Gasteiger partial charge in [-0.05, 0) is 45.2 Å². The summed E-state index contributed by atoms with van der Waals surface area (Å²) >= 11 is 0. The van der Waals surface area contributed by atoms with E-state index < -0.39 is 0 Å². The van der Waals surface area contributed by atoms with Crippen LogP contribution < -0.4 is 5.73 Å². The van der Waals surface area contributed by atoms with Gasteiger partial charge in [-0.1, -0.05) is 13.0 Å². The van der Waals surface area contributed by atoms with Gasteiger partial charge in [-0.2, -0.15) is 0 Å². The highest BCUT2D eigenvalue weighted by Gasteiger charge is 2.30. The van der Waals surface area contributed by atoms with Crippen LogP contribution in [0.4, 0.5) is 0 Å². The van der Waals surface area contributed by atoms with Crippen molar-refractivity contribution in [2.75, 3.05) is 0 Å². The van der Waals surface area contributed by atoms with Gasteiger partial charge in [-0.25, -0.2) is 0 Å². The van der Waals surface area contributed by atoms with Crippen LogP contribution in [0, 0.1) is 0 Å². The molecule has 4 unspecified atom stereocenters. The molecule has 2 N–H and O–H groups in total. The predicted molar refractivity (Wildman–Crippen MR) is 79.4 cm³/mol. The summed E-state index contributed by atoms with van der Waals surface area (Å²) in [6, 6.07) is 5.86. The lowest BCUT2D eigenvalue weighted by Crippen LogP contribution is -2.38. The molecule has 0 radical (unpaired) electrons. The number of hydrogen-bond donors (Lipinski definition) is 1. The number of nitrogens with zero attached hydrogens (tertiary/aromatic N) is 1. The first-order valence-corrected chi connectivity index (χ1v) is 7.57. The van der Waals surface area contributed by atoms with Gasteiger partial charge in [0.25, 0.3) is 0 Å². The van der Waals surface area contributed by atoms with E-state index in [1.54, 1.807) is 6.20 Å². The van der Waals surface area contributed by atoms with Crippen molar-refractivity contribution in [3.05, 3.63) is 30.1 Å². The minimum atomic E-state index is -0.135. The average molecular weight is 278 g/mol. The molecule has 0 bridgehead atoms. The van der Waals surface area contributed by atoms with Crippen molar-refractivity contribution in [2.45, 2.75) is 70.5 Å². The topological polar surface area (TPSA) is 57.4 Å². The first-order valence-electron chi connectivity index (χ1n) is 7.57. The summed E-state index contributed by atoms with van der Waals surface area (Å²) in [5.41, 5.74) is 7.16. The predicted octanol–water partition coefficient (Wildman–Crippen LogP) is 2.83. The van der Waals surface area contributed by atoms with Crippen molar-refractivity contribution in [3.63, 3.8) is 0 Å². The van der Waals surface area contributed by atoms with Crippen LogP contribution in [0.15, 0.2) is 24.4 Å². The molecule has 2 rings (SSSR count). The number of aromatic nitrogens is 1. The fourth-order valence-electron chi connectivity index (χ4n) is 2.81. The van der Waals surface area contributed by atoms with E-state index in [4.69, 9.17) is 15.2 Å². The van der Waals surface area contributed by atoms with Gasteiger partial charge in [0.2, 0.25) is 0 Å². The molecule has 1 aromatic heterocycles. The number of hydrogen-bond acceptors (Lipinski definition) is 4. The maximum absolute atomic E-state index is 6.30. The highest BCUT2D eigenvalue weighted by molar-refractivity contribution is 5.09. The monoisotopic (exact) mass is 278 g/mol. The van der Waals surface area contributed by atoms with Crippen molar-refractivity contribution in [2.24, 2.45) is 5.73 Å².